The van der Waals surface area contributed by atoms with Crippen LogP contribution in [0.2, 0.25) is 0 Å². The van der Waals surface area contributed by atoms with Crippen molar-refractivity contribution in [3.63, 3.8) is 0 Å². The third kappa shape index (κ3) is 6.76. The highest BCUT2D eigenvalue weighted by Crippen LogP contribution is 2.26. The molecule has 0 heteroatoms. The summed E-state index contributed by atoms with van der Waals surface area (Å²) < 4.78 is 0. The average Bonchev–Trinajstić information content (AvgIpc) is 2.21. The molecular formula is C15H30. The fraction of sp³-hybridized carbons (Fsp3) is 0.867. The van der Waals surface area contributed by atoms with Crippen LogP contribution in [-0.2, 0) is 0 Å². The minimum Gasteiger partial charge on any atom is -0.0999 e. The Labute approximate surface area is 97.2 Å². The zero-order valence-electron chi connectivity index (χ0n) is 11.3. The van der Waals surface area contributed by atoms with Crippen LogP contribution in [0.25, 0.3) is 0 Å². The fourth-order valence-electron chi connectivity index (χ4n) is 2.38. The fourth-order valence-corrected chi connectivity index (χ4v) is 2.38. The summed E-state index contributed by atoms with van der Waals surface area (Å²) in [6.45, 7) is 13.2. The highest BCUT2D eigenvalue weighted by molar-refractivity contribution is 4.95. The van der Waals surface area contributed by atoms with Crippen molar-refractivity contribution in [3.8, 4) is 0 Å². The Balaban J connectivity index is 3.90. The van der Waals surface area contributed by atoms with E-state index >= 15 is 0 Å². The largest absolute Gasteiger partial charge is 0.0999 e. The van der Waals surface area contributed by atoms with Gasteiger partial charge in [0.2, 0.25) is 0 Å². The summed E-state index contributed by atoms with van der Waals surface area (Å²) >= 11 is 0. The van der Waals surface area contributed by atoms with Crippen LogP contribution in [0.15, 0.2) is 12.2 Å². The smallest absolute Gasteiger partial charge is 0.0209 e. The predicted octanol–water partition coefficient (Wildman–Crippen LogP) is 5.59. The minimum absolute atomic E-state index is 0.779. The first-order chi connectivity index (χ1) is 7.15. The molecule has 2 unspecified atom stereocenters. The van der Waals surface area contributed by atoms with Crippen LogP contribution in [0, 0.1) is 11.8 Å². The molecule has 15 heavy (non-hydrogen) atoms. The molecule has 0 fully saturated rings. The van der Waals surface area contributed by atoms with Crippen molar-refractivity contribution in [1.82, 2.24) is 0 Å². The number of hydrogen-bond acceptors (Lipinski definition) is 0. The number of allylic oxidation sites excluding steroid dienone is 1. The zero-order valence-corrected chi connectivity index (χ0v) is 11.3. The molecular weight excluding hydrogens is 180 g/mol. The monoisotopic (exact) mass is 210 g/mol. The third-order valence-corrected chi connectivity index (χ3v) is 3.53. The van der Waals surface area contributed by atoms with Crippen LogP contribution in [0.5, 0.6) is 0 Å². The molecule has 0 amide bonds. The van der Waals surface area contributed by atoms with Gasteiger partial charge in [0, 0.05) is 0 Å². The van der Waals surface area contributed by atoms with Gasteiger partial charge < -0.3 is 0 Å². The molecule has 0 aromatic rings. The standard InChI is InChI=1S/C15H30/c1-6-9-14(8-3)11-12-15(10-7-2)13(4)5/h14-15H,4,6-12H2,1-3,5H3. The minimum atomic E-state index is 0.779. The lowest BCUT2D eigenvalue weighted by Crippen LogP contribution is -2.06. The normalized spacial score (nSPS) is 14.9. The van der Waals surface area contributed by atoms with Gasteiger partial charge in [-0.05, 0) is 38.0 Å². The van der Waals surface area contributed by atoms with Gasteiger partial charge in [-0.1, -0.05) is 58.6 Å². The molecule has 90 valence electrons. The van der Waals surface area contributed by atoms with Gasteiger partial charge in [-0.15, -0.1) is 0 Å². The van der Waals surface area contributed by atoms with E-state index in [0.717, 1.165) is 11.8 Å². The quantitative estimate of drug-likeness (QED) is 0.435. The first-order valence-electron chi connectivity index (χ1n) is 6.80. The highest BCUT2D eigenvalue weighted by Gasteiger charge is 2.12. The molecule has 0 aliphatic carbocycles. The van der Waals surface area contributed by atoms with Gasteiger partial charge in [0.15, 0.2) is 0 Å². The Morgan fingerprint density at radius 3 is 1.93 bits per heavy atom. The van der Waals surface area contributed by atoms with Gasteiger partial charge >= 0.3 is 0 Å². The van der Waals surface area contributed by atoms with Gasteiger partial charge in [-0.2, -0.15) is 0 Å². The van der Waals surface area contributed by atoms with E-state index in [9.17, 15) is 0 Å². The molecule has 0 aromatic heterocycles. The molecule has 0 N–H and O–H groups in total. The van der Waals surface area contributed by atoms with Crippen molar-refractivity contribution >= 4 is 0 Å². The van der Waals surface area contributed by atoms with Crippen LogP contribution >= 0.6 is 0 Å². The first kappa shape index (κ1) is 14.7. The highest BCUT2D eigenvalue weighted by atomic mass is 14.2. The van der Waals surface area contributed by atoms with Crippen LogP contribution in [0.4, 0.5) is 0 Å². The second-order valence-electron chi connectivity index (χ2n) is 4.97. The first-order valence-corrected chi connectivity index (χ1v) is 6.80. The lowest BCUT2D eigenvalue weighted by Gasteiger charge is -2.20. The lowest BCUT2D eigenvalue weighted by molar-refractivity contribution is 0.375. The summed E-state index contributed by atoms with van der Waals surface area (Å²) in [6, 6.07) is 0. The van der Waals surface area contributed by atoms with Gasteiger partial charge in [-0.25, -0.2) is 0 Å². The third-order valence-electron chi connectivity index (χ3n) is 3.53. The average molecular weight is 210 g/mol. The van der Waals surface area contributed by atoms with Gasteiger partial charge in [0.05, 0.1) is 0 Å². The lowest BCUT2D eigenvalue weighted by atomic mass is 9.86. The maximum absolute atomic E-state index is 4.12. The van der Waals surface area contributed by atoms with E-state index in [1.54, 1.807) is 0 Å². The molecule has 0 saturated heterocycles. The van der Waals surface area contributed by atoms with Gasteiger partial charge in [0.1, 0.15) is 0 Å². The summed E-state index contributed by atoms with van der Waals surface area (Å²) in [4.78, 5) is 0. The van der Waals surface area contributed by atoms with E-state index in [-0.39, 0.29) is 0 Å². The van der Waals surface area contributed by atoms with Crippen molar-refractivity contribution in [2.75, 3.05) is 0 Å². The van der Waals surface area contributed by atoms with Gasteiger partial charge in [0.25, 0.3) is 0 Å². The van der Waals surface area contributed by atoms with Crippen LogP contribution in [0.3, 0.4) is 0 Å². The molecule has 0 aromatic carbocycles. The summed E-state index contributed by atoms with van der Waals surface area (Å²) in [5, 5.41) is 0. The maximum Gasteiger partial charge on any atom is -0.0209 e. The van der Waals surface area contributed by atoms with Crippen molar-refractivity contribution in [1.29, 1.82) is 0 Å². The van der Waals surface area contributed by atoms with Crippen molar-refractivity contribution < 1.29 is 0 Å². The Hall–Kier alpha value is -0.260. The molecule has 0 aliphatic rings. The Bertz CT molecular complexity index is 157. The molecule has 0 nitrogen and oxygen atoms in total. The SMILES string of the molecule is C=C(C)C(CCC)CCC(CC)CCC. The Morgan fingerprint density at radius 1 is 0.933 bits per heavy atom. The molecule has 0 saturated carbocycles. The number of rotatable bonds is 9. The van der Waals surface area contributed by atoms with Crippen molar-refractivity contribution in [2.45, 2.75) is 72.6 Å². The summed E-state index contributed by atoms with van der Waals surface area (Å²) in [7, 11) is 0. The molecule has 0 bridgehead atoms. The molecule has 0 rings (SSSR count). The topological polar surface area (TPSA) is 0 Å². The predicted molar refractivity (Wildman–Crippen MR) is 71.1 cm³/mol. The van der Waals surface area contributed by atoms with Gasteiger partial charge in [-0.3, -0.25) is 0 Å². The molecule has 0 radical (unpaired) electrons. The van der Waals surface area contributed by atoms with E-state index in [1.165, 1.54) is 50.5 Å². The van der Waals surface area contributed by atoms with E-state index in [4.69, 9.17) is 0 Å². The van der Waals surface area contributed by atoms with E-state index in [1.807, 2.05) is 0 Å². The molecule has 0 spiro atoms. The Kier molecular flexibility index (Phi) is 8.85. The summed E-state index contributed by atoms with van der Waals surface area (Å²) in [6.07, 6.45) is 9.49. The summed E-state index contributed by atoms with van der Waals surface area (Å²) in [5.74, 6) is 1.73. The van der Waals surface area contributed by atoms with Crippen molar-refractivity contribution in [3.05, 3.63) is 12.2 Å². The molecule has 2 atom stereocenters. The second kappa shape index (κ2) is 9.00. The molecule has 0 aliphatic heterocycles. The Morgan fingerprint density at radius 2 is 1.53 bits per heavy atom. The van der Waals surface area contributed by atoms with E-state index < -0.39 is 0 Å². The zero-order chi connectivity index (χ0) is 11.7. The van der Waals surface area contributed by atoms with Crippen LogP contribution in [0.1, 0.15) is 72.6 Å². The van der Waals surface area contributed by atoms with E-state index in [2.05, 4.69) is 34.3 Å². The van der Waals surface area contributed by atoms with Crippen LogP contribution in [-0.4, -0.2) is 0 Å². The maximum atomic E-state index is 4.12. The number of hydrogen-bond donors (Lipinski definition) is 0. The molecule has 0 heterocycles. The van der Waals surface area contributed by atoms with Crippen LogP contribution < -0.4 is 0 Å². The van der Waals surface area contributed by atoms with Crippen molar-refractivity contribution in [2.24, 2.45) is 11.8 Å². The second-order valence-corrected chi connectivity index (χ2v) is 4.97. The summed E-state index contributed by atoms with van der Waals surface area (Å²) in [5.41, 5.74) is 1.39. The van der Waals surface area contributed by atoms with E-state index in [0.29, 0.717) is 0 Å².